The smallest absolute Gasteiger partial charge is 0.545 e. The summed E-state index contributed by atoms with van der Waals surface area (Å²) in [4.78, 5) is 50.6. The SMILES string of the molecule is Cc1c(C(=O)c2ccc(N)c(C(=O)[O-])c2)c2ccccn2c1OCc1cccc(OCCOCCOCCOc2cccc(COc3c(C)c(C(=O)c4ccc(N)c(C(=O)[O-])c4)c4ccccn34)c2)c1.[Na+].[Na+]. The summed E-state index contributed by atoms with van der Waals surface area (Å²) in [6.45, 7) is 5.95. The molecule has 16 nitrogen and oxygen atoms in total. The Kier molecular flexibility index (Phi) is 19.1. The number of hydrogen-bond acceptors (Lipinski definition) is 14. The monoisotopic (exact) mass is 990 g/mol. The molecule has 4 heterocycles. The molecule has 0 aliphatic rings. The molecule has 4 aromatic carbocycles. The van der Waals surface area contributed by atoms with E-state index in [2.05, 4.69) is 0 Å². The number of rotatable bonds is 23. The molecule has 4 aromatic heterocycles. The van der Waals surface area contributed by atoms with Crippen molar-refractivity contribution in [3.63, 3.8) is 0 Å². The minimum absolute atomic E-state index is 0. The van der Waals surface area contributed by atoms with Crippen LogP contribution in [0.15, 0.2) is 134 Å². The van der Waals surface area contributed by atoms with Gasteiger partial charge in [-0.25, -0.2) is 0 Å². The number of carbonyl (C=O) groups is 4. The first-order valence-corrected chi connectivity index (χ1v) is 22.2. The topological polar surface area (TPSA) is 231 Å². The van der Waals surface area contributed by atoms with Crippen molar-refractivity contribution in [2.75, 3.05) is 51.1 Å². The molecular weight excluding hydrogens is 943 g/mol. The Labute approximate surface area is 458 Å². The summed E-state index contributed by atoms with van der Waals surface area (Å²) in [6.07, 6.45) is 3.60. The van der Waals surface area contributed by atoms with Crippen LogP contribution < -0.4 is 99.7 Å². The molecule has 0 aliphatic carbocycles. The van der Waals surface area contributed by atoms with Crippen LogP contribution in [-0.2, 0) is 22.7 Å². The van der Waals surface area contributed by atoms with Gasteiger partial charge in [0.15, 0.2) is 11.6 Å². The first-order valence-electron chi connectivity index (χ1n) is 22.2. The van der Waals surface area contributed by atoms with E-state index in [-0.39, 0.29) is 118 Å². The van der Waals surface area contributed by atoms with Crippen LogP contribution >= 0.6 is 0 Å². The van der Waals surface area contributed by atoms with Crippen LogP contribution in [0.5, 0.6) is 23.3 Å². The standard InChI is InChI=1S/C54H50N4O12.2Na/c1-33-47(49(59)37-15-17-43(55)41(29-37)53(61)62)45-13-3-5-19-57(45)51(33)69-31-35-9-7-11-39(27-35)67-25-23-65-21-22-66-24-26-68-40-12-8-10-36(28-40)32-70-52-34(2)48(46-14-4-6-20-58(46)52)50(60)38-16-18-44(56)42(30-38)54(63)64;;/h3-20,27-30H,21-26,31-32,55-56H2,1-2H3,(H,61,62)(H,63,64);;/q;2*+1/p-2. The van der Waals surface area contributed by atoms with E-state index in [4.69, 9.17) is 39.9 Å². The molecule has 0 unspecified atom stereocenters. The van der Waals surface area contributed by atoms with E-state index >= 15 is 0 Å². The number of pyridine rings is 2. The fraction of sp³-hybridized carbons (Fsp3) is 0.185. The van der Waals surface area contributed by atoms with Crippen molar-refractivity contribution in [2.24, 2.45) is 0 Å². The Hall–Kier alpha value is -6.60. The molecule has 72 heavy (non-hydrogen) atoms. The van der Waals surface area contributed by atoms with Crippen molar-refractivity contribution in [1.29, 1.82) is 0 Å². The molecule has 8 aromatic rings. The molecule has 0 amide bonds. The van der Waals surface area contributed by atoms with Crippen LogP contribution in [0.25, 0.3) is 11.0 Å². The number of aromatic nitrogens is 2. The molecule has 0 saturated carbocycles. The summed E-state index contributed by atoms with van der Waals surface area (Å²) in [7, 11) is 0. The van der Waals surface area contributed by atoms with Crippen molar-refractivity contribution >= 4 is 45.9 Å². The minimum Gasteiger partial charge on any atom is -0.545 e. The second kappa shape index (κ2) is 25.2. The van der Waals surface area contributed by atoms with Crippen LogP contribution in [0.1, 0.15) is 74.8 Å². The van der Waals surface area contributed by atoms with E-state index in [1.807, 2.05) is 72.8 Å². The van der Waals surface area contributed by atoms with Gasteiger partial charge >= 0.3 is 59.1 Å². The van der Waals surface area contributed by atoms with Gasteiger partial charge in [-0.3, -0.25) is 18.4 Å². The van der Waals surface area contributed by atoms with Gasteiger partial charge in [0.05, 0.1) is 60.5 Å². The molecular formula is C54H48N4Na2O12. The summed E-state index contributed by atoms with van der Waals surface area (Å²) < 4.78 is 39.4. The van der Waals surface area contributed by atoms with Crippen LogP contribution in [0, 0.1) is 13.8 Å². The average Bonchev–Trinajstić information content (AvgIpc) is 3.81. The number of nitrogens with zero attached hydrogens (tertiary/aromatic N) is 2. The molecule has 0 radical (unpaired) electrons. The molecule has 8 rings (SSSR count). The molecule has 0 spiro atoms. The normalized spacial score (nSPS) is 10.9. The zero-order valence-electron chi connectivity index (χ0n) is 40.3. The molecule has 0 bridgehead atoms. The van der Waals surface area contributed by atoms with E-state index in [0.29, 0.717) is 96.2 Å². The predicted molar refractivity (Wildman–Crippen MR) is 256 cm³/mol. The Morgan fingerprint density at radius 2 is 0.889 bits per heavy atom. The van der Waals surface area contributed by atoms with Gasteiger partial charge < -0.3 is 59.7 Å². The third-order valence-electron chi connectivity index (χ3n) is 11.5. The average molecular weight is 991 g/mol. The molecule has 4 N–H and O–H groups in total. The largest absolute Gasteiger partial charge is 1.00 e. The van der Waals surface area contributed by atoms with Gasteiger partial charge in [0.1, 0.15) is 37.9 Å². The van der Waals surface area contributed by atoms with Crippen molar-refractivity contribution in [3.8, 4) is 23.3 Å². The number of nitrogen functional groups attached to an aromatic ring is 2. The predicted octanol–water partition coefficient (Wildman–Crippen LogP) is -0.181. The first-order chi connectivity index (χ1) is 33.9. The number of benzene rings is 4. The number of carbonyl (C=O) groups excluding carboxylic acids is 4. The van der Waals surface area contributed by atoms with E-state index in [1.165, 1.54) is 36.4 Å². The zero-order valence-corrected chi connectivity index (χ0v) is 44.3. The van der Waals surface area contributed by atoms with Gasteiger partial charge in [0.2, 0.25) is 11.8 Å². The number of nitrogens with two attached hydrogens (primary N) is 2. The minimum atomic E-state index is -1.46. The molecule has 18 heteroatoms. The van der Waals surface area contributed by atoms with E-state index in [1.54, 1.807) is 47.2 Å². The second-order valence-corrected chi connectivity index (χ2v) is 16.2. The fourth-order valence-electron chi connectivity index (χ4n) is 8.09. The summed E-state index contributed by atoms with van der Waals surface area (Å²) in [5, 5.41) is 23.2. The molecule has 0 fully saturated rings. The van der Waals surface area contributed by atoms with Crippen molar-refractivity contribution in [2.45, 2.75) is 27.1 Å². The number of carboxylic acids is 2. The first kappa shape index (κ1) is 54.7. The fourth-order valence-corrected chi connectivity index (χ4v) is 8.09. The molecule has 0 aliphatic heterocycles. The number of ether oxygens (including phenoxy) is 6. The number of anilines is 2. The van der Waals surface area contributed by atoms with Crippen LogP contribution in [0.3, 0.4) is 0 Å². The van der Waals surface area contributed by atoms with Gasteiger partial charge in [-0.05, 0) is 110 Å². The second-order valence-electron chi connectivity index (χ2n) is 16.2. The van der Waals surface area contributed by atoms with E-state index < -0.39 is 11.9 Å². The molecule has 358 valence electrons. The van der Waals surface area contributed by atoms with Crippen molar-refractivity contribution < 1.29 is 117 Å². The summed E-state index contributed by atoms with van der Waals surface area (Å²) >= 11 is 0. The summed E-state index contributed by atoms with van der Waals surface area (Å²) in [5.41, 5.74) is 16.3. The maximum atomic E-state index is 13.7. The van der Waals surface area contributed by atoms with Crippen molar-refractivity contribution in [1.82, 2.24) is 8.80 Å². The van der Waals surface area contributed by atoms with Crippen molar-refractivity contribution in [3.05, 3.63) is 189 Å². The molecule has 0 saturated heterocycles. The Morgan fingerprint density at radius 3 is 1.29 bits per heavy atom. The summed E-state index contributed by atoms with van der Waals surface area (Å²) in [6, 6.07) is 34.0. The number of aromatic carboxylic acids is 2. The maximum Gasteiger partial charge on any atom is 1.00 e. The zero-order chi connectivity index (χ0) is 49.3. The van der Waals surface area contributed by atoms with E-state index in [9.17, 15) is 29.4 Å². The van der Waals surface area contributed by atoms with Gasteiger partial charge in [0, 0.05) is 57.1 Å². The number of carboxylic acid groups (broad SMARTS) is 2. The van der Waals surface area contributed by atoms with Gasteiger partial charge in [-0.1, -0.05) is 36.4 Å². The Bertz CT molecular complexity index is 3040. The maximum absolute atomic E-state index is 13.7. The number of fused-ring (bicyclic) bond motifs is 2. The van der Waals surface area contributed by atoms with E-state index in [0.717, 1.165) is 11.1 Å². The van der Waals surface area contributed by atoms with Crippen LogP contribution in [0.2, 0.25) is 0 Å². The van der Waals surface area contributed by atoms with Crippen LogP contribution in [0.4, 0.5) is 11.4 Å². The third kappa shape index (κ3) is 12.5. The Balaban J connectivity index is 0.00000423. The number of hydrogen-bond donors (Lipinski definition) is 2. The van der Waals surface area contributed by atoms with Gasteiger partial charge in [0.25, 0.3) is 0 Å². The van der Waals surface area contributed by atoms with Gasteiger partial charge in [-0.2, -0.15) is 0 Å². The molecule has 0 atom stereocenters. The number of ketones is 2. The summed E-state index contributed by atoms with van der Waals surface area (Å²) in [5.74, 6) is -1.46. The van der Waals surface area contributed by atoms with Crippen LogP contribution in [-0.4, -0.2) is 71.9 Å². The Morgan fingerprint density at radius 1 is 0.486 bits per heavy atom. The third-order valence-corrected chi connectivity index (χ3v) is 11.5. The quantitative estimate of drug-likeness (QED) is 0.0367. The van der Waals surface area contributed by atoms with Gasteiger partial charge in [-0.15, -0.1) is 0 Å².